The molecule has 0 saturated heterocycles. The zero-order valence-corrected chi connectivity index (χ0v) is 20.8. The van der Waals surface area contributed by atoms with Gasteiger partial charge in [-0.25, -0.2) is 9.97 Å². The van der Waals surface area contributed by atoms with Crippen LogP contribution in [0.15, 0.2) is 146 Å². The Morgan fingerprint density at radius 1 is 0.526 bits per heavy atom. The Morgan fingerprint density at radius 3 is 1.82 bits per heavy atom. The Kier molecular flexibility index (Phi) is 6.35. The van der Waals surface area contributed by atoms with Gasteiger partial charge >= 0.3 is 0 Å². The summed E-state index contributed by atoms with van der Waals surface area (Å²) in [5, 5.41) is 0. The van der Waals surface area contributed by atoms with Crippen molar-refractivity contribution in [1.29, 1.82) is 0 Å². The molecule has 0 saturated carbocycles. The zero-order valence-electron chi connectivity index (χ0n) is 20.8. The van der Waals surface area contributed by atoms with E-state index in [0.29, 0.717) is 5.82 Å². The van der Waals surface area contributed by atoms with Crippen LogP contribution in [-0.4, -0.2) is 9.97 Å². The van der Waals surface area contributed by atoms with Gasteiger partial charge in [0.15, 0.2) is 0 Å². The molecule has 2 aromatic heterocycles. The second-order valence-electron chi connectivity index (χ2n) is 8.96. The number of hydrogen-bond donors (Lipinski definition) is 1. The number of hydrogen-bond acceptors (Lipinski definition) is 4. The Bertz CT molecular complexity index is 1610. The molecule has 38 heavy (non-hydrogen) atoms. The van der Waals surface area contributed by atoms with Gasteiger partial charge < -0.3 is 5.73 Å². The summed E-state index contributed by atoms with van der Waals surface area (Å²) in [4.78, 5) is 11.7. The monoisotopic (exact) mass is 490 g/mol. The number of nitrogens with zero attached hydrogens (tertiary/aromatic N) is 3. The lowest BCUT2D eigenvalue weighted by molar-refractivity contribution is 1.18. The molecule has 0 unspecified atom stereocenters. The highest BCUT2D eigenvalue weighted by atomic mass is 15.2. The maximum absolute atomic E-state index is 6.68. The molecule has 0 fully saturated rings. The zero-order chi connectivity index (χ0) is 25.7. The van der Waals surface area contributed by atoms with Gasteiger partial charge in [-0.05, 0) is 59.2 Å². The van der Waals surface area contributed by atoms with Gasteiger partial charge in [0.25, 0.3) is 0 Å². The molecule has 6 rings (SSSR count). The summed E-state index contributed by atoms with van der Waals surface area (Å²) >= 11 is 0. The van der Waals surface area contributed by atoms with E-state index < -0.39 is 0 Å². The lowest BCUT2D eigenvalue weighted by atomic mass is 9.93. The van der Waals surface area contributed by atoms with Gasteiger partial charge in [-0.15, -0.1) is 0 Å². The first-order valence-corrected chi connectivity index (χ1v) is 12.6. The van der Waals surface area contributed by atoms with E-state index in [2.05, 4.69) is 76.6 Å². The van der Waals surface area contributed by atoms with Gasteiger partial charge in [0, 0.05) is 28.7 Å². The first-order chi connectivity index (χ1) is 18.8. The van der Waals surface area contributed by atoms with Crippen LogP contribution in [0.3, 0.4) is 0 Å². The fourth-order valence-electron chi connectivity index (χ4n) is 4.75. The number of nitrogen functional groups attached to an aromatic ring is 1. The number of nitrogens with two attached hydrogens (primary N) is 1. The average Bonchev–Trinajstić information content (AvgIpc) is 2.99. The third-order valence-electron chi connectivity index (χ3n) is 6.49. The highest BCUT2D eigenvalue weighted by Crippen LogP contribution is 2.40. The van der Waals surface area contributed by atoms with E-state index in [4.69, 9.17) is 10.7 Å². The lowest BCUT2D eigenvalue weighted by Gasteiger charge is -2.24. The van der Waals surface area contributed by atoms with E-state index in [1.165, 1.54) is 0 Å². The van der Waals surface area contributed by atoms with Crippen molar-refractivity contribution in [2.24, 2.45) is 0 Å². The lowest BCUT2D eigenvalue weighted by Crippen LogP contribution is -2.11. The predicted octanol–water partition coefficient (Wildman–Crippen LogP) is 8.53. The van der Waals surface area contributed by atoms with Crippen molar-refractivity contribution in [2.75, 3.05) is 10.6 Å². The fraction of sp³-hybridized carbons (Fsp3) is 0. The predicted molar refractivity (Wildman–Crippen MR) is 157 cm³/mol. The summed E-state index contributed by atoms with van der Waals surface area (Å²) in [6, 6.07) is 47.2. The van der Waals surface area contributed by atoms with Gasteiger partial charge in [-0.2, -0.15) is 0 Å². The first kappa shape index (κ1) is 23.2. The van der Waals surface area contributed by atoms with Crippen LogP contribution in [-0.2, 0) is 0 Å². The number of benzene rings is 4. The Hall–Kier alpha value is -5.22. The number of para-hydroxylation sites is 1. The van der Waals surface area contributed by atoms with Crippen LogP contribution in [0.2, 0.25) is 0 Å². The topological polar surface area (TPSA) is 55.0 Å². The van der Waals surface area contributed by atoms with E-state index in [9.17, 15) is 0 Å². The molecule has 4 heteroatoms. The minimum atomic E-state index is 0.502. The molecule has 4 nitrogen and oxygen atoms in total. The van der Waals surface area contributed by atoms with Gasteiger partial charge in [0.2, 0.25) is 0 Å². The van der Waals surface area contributed by atoms with Crippen molar-refractivity contribution in [3.63, 3.8) is 0 Å². The quantitative estimate of drug-likeness (QED) is 0.254. The summed E-state index contributed by atoms with van der Waals surface area (Å²) in [5.41, 5.74) is 14.6. The highest BCUT2D eigenvalue weighted by Gasteiger charge is 2.17. The molecule has 6 aromatic rings. The minimum absolute atomic E-state index is 0.502. The number of anilines is 4. The van der Waals surface area contributed by atoms with Crippen molar-refractivity contribution in [1.82, 2.24) is 9.97 Å². The van der Waals surface area contributed by atoms with Crippen LogP contribution in [0.5, 0.6) is 0 Å². The molecule has 0 aliphatic rings. The minimum Gasteiger partial charge on any atom is -0.383 e. The van der Waals surface area contributed by atoms with Crippen LogP contribution in [0.4, 0.5) is 23.0 Å². The Labute approximate surface area is 222 Å². The summed E-state index contributed by atoms with van der Waals surface area (Å²) in [6.45, 7) is 0. The number of aromatic nitrogens is 2. The third-order valence-corrected chi connectivity index (χ3v) is 6.49. The number of rotatable bonds is 6. The standard InChI is InChI=1S/C34H26N4/c35-34-33(26-15-6-2-7-16-26)30(25-13-4-1-5-14-25)24-31(37-34)27-17-12-20-29(23-27)38(28-18-8-3-9-19-28)32-21-10-11-22-36-32/h1-24H,(H2,35,37). The summed E-state index contributed by atoms with van der Waals surface area (Å²) in [5.74, 6) is 1.34. The normalized spacial score (nSPS) is 10.7. The second-order valence-corrected chi connectivity index (χ2v) is 8.96. The van der Waals surface area contributed by atoms with E-state index in [0.717, 1.165) is 50.7 Å². The summed E-state index contributed by atoms with van der Waals surface area (Å²) < 4.78 is 0. The van der Waals surface area contributed by atoms with Crippen LogP contribution in [0.25, 0.3) is 33.5 Å². The molecule has 182 valence electrons. The maximum atomic E-state index is 6.68. The number of pyridine rings is 2. The average molecular weight is 491 g/mol. The highest BCUT2D eigenvalue weighted by molar-refractivity contribution is 5.92. The molecular weight excluding hydrogens is 464 g/mol. The molecule has 2 N–H and O–H groups in total. The molecule has 0 radical (unpaired) electrons. The molecule has 4 aromatic carbocycles. The SMILES string of the molecule is Nc1nc(-c2cccc(N(c3ccccc3)c3ccccn3)c2)cc(-c2ccccc2)c1-c1ccccc1. The van der Waals surface area contributed by atoms with Crippen molar-refractivity contribution < 1.29 is 0 Å². The van der Waals surface area contributed by atoms with Crippen molar-refractivity contribution in [3.8, 4) is 33.5 Å². The molecule has 0 aliphatic heterocycles. The van der Waals surface area contributed by atoms with Crippen molar-refractivity contribution in [3.05, 3.63) is 146 Å². The maximum Gasteiger partial charge on any atom is 0.137 e. The van der Waals surface area contributed by atoms with Crippen molar-refractivity contribution >= 4 is 23.0 Å². The molecule has 0 atom stereocenters. The fourth-order valence-corrected chi connectivity index (χ4v) is 4.75. The van der Waals surface area contributed by atoms with Crippen molar-refractivity contribution in [2.45, 2.75) is 0 Å². The van der Waals surface area contributed by atoms with Gasteiger partial charge in [0.1, 0.15) is 11.6 Å². The first-order valence-electron chi connectivity index (χ1n) is 12.6. The van der Waals surface area contributed by atoms with Gasteiger partial charge in [-0.1, -0.05) is 97.1 Å². The van der Waals surface area contributed by atoms with E-state index in [1.807, 2.05) is 79.0 Å². The van der Waals surface area contributed by atoms with E-state index in [1.54, 1.807) is 0 Å². The summed E-state index contributed by atoms with van der Waals surface area (Å²) in [6.07, 6.45) is 1.81. The third kappa shape index (κ3) is 4.63. The largest absolute Gasteiger partial charge is 0.383 e. The molecule has 0 spiro atoms. The van der Waals surface area contributed by atoms with Crippen LogP contribution >= 0.6 is 0 Å². The van der Waals surface area contributed by atoms with Crippen LogP contribution < -0.4 is 10.6 Å². The Morgan fingerprint density at radius 2 is 1.13 bits per heavy atom. The molecule has 2 heterocycles. The summed E-state index contributed by atoms with van der Waals surface area (Å²) in [7, 11) is 0. The van der Waals surface area contributed by atoms with Gasteiger partial charge in [0.05, 0.1) is 5.69 Å². The molecule has 0 amide bonds. The Balaban J connectivity index is 1.51. The molecule has 0 aliphatic carbocycles. The van der Waals surface area contributed by atoms with E-state index in [-0.39, 0.29) is 0 Å². The van der Waals surface area contributed by atoms with Gasteiger partial charge in [-0.3, -0.25) is 4.90 Å². The molecule has 0 bridgehead atoms. The van der Waals surface area contributed by atoms with E-state index >= 15 is 0 Å². The van der Waals surface area contributed by atoms with Crippen LogP contribution in [0.1, 0.15) is 0 Å². The second kappa shape index (κ2) is 10.4. The smallest absolute Gasteiger partial charge is 0.137 e. The van der Waals surface area contributed by atoms with Crippen LogP contribution in [0, 0.1) is 0 Å². The molecular formula is C34H26N4.